The van der Waals surface area contributed by atoms with E-state index in [0.29, 0.717) is 12.4 Å². The Morgan fingerprint density at radius 1 is 1.57 bits per heavy atom. The molecule has 0 aromatic carbocycles. The molecule has 1 aromatic rings. The van der Waals surface area contributed by atoms with Crippen LogP contribution in [-0.2, 0) is 0 Å². The molecule has 0 aliphatic carbocycles. The first kappa shape index (κ1) is 11.4. The Labute approximate surface area is 91.1 Å². The van der Waals surface area contributed by atoms with Crippen LogP contribution in [-0.4, -0.2) is 34.5 Å². The molecule has 0 aliphatic heterocycles. The molecule has 0 fully saturated rings. The van der Waals surface area contributed by atoms with Gasteiger partial charge in [0, 0.05) is 11.0 Å². The summed E-state index contributed by atoms with van der Waals surface area (Å²) < 4.78 is 0.950. The highest BCUT2D eigenvalue weighted by molar-refractivity contribution is 9.10. The summed E-state index contributed by atoms with van der Waals surface area (Å²) in [5, 5.41) is 20.6. The second-order valence-corrected chi connectivity index (χ2v) is 3.84. The summed E-state index contributed by atoms with van der Waals surface area (Å²) in [5.74, 6) is 0.693. The first-order valence-electron chi connectivity index (χ1n) is 4.29. The summed E-state index contributed by atoms with van der Waals surface area (Å²) in [5.41, 5.74) is 0.883. The summed E-state index contributed by atoms with van der Waals surface area (Å²) in [6.07, 6.45) is -0.749. The van der Waals surface area contributed by atoms with Crippen molar-refractivity contribution in [1.82, 2.24) is 4.98 Å². The lowest BCUT2D eigenvalue weighted by Gasteiger charge is -2.10. The third kappa shape index (κ3) is 3.25. The molecule has 4 nitrogen and oxygen atoms in total. The quantitative estimate of drug-likeness (QED) is 0.754. The number of halogens is 1. The lowest BCUT2D eigenvalue weighted by Crippen LogP contribution is -2.23. The number of pyridine rings is 1. The minimum atomic E-state index is -0.749. The van der Waals surface area contributed by atoms with E-state index >= 15 is 0 Å². The van der Waals surface area contributed by atoms with Crippen LogP contribution in [0.15, 0.2) is 16.6 Å². The predicted molar refractivity (Wildman–Crippen MR) is 58.3 cm³/mol. The van der Waals surface area contributed by atoms with Gasteiger partial charge in [-0.15, -0.1) is 0 Å². The number of aliphatic hydroxyl groups excluding tert-OH is 2. The maximum atomic E-state index is 9.09. The molecule has 1 unspecified atom stereocenters. The van der Waals surface area contributed by atoms with Crippen molar-refractivity contribution in [2.45, 2.75) is 13.0 Å². The highest BCUT2D eigenvalue weighted by Crippen LogP contribution is 2.15. The SMILES string of the molecule is Cc1nc(NCC(O)CO)ccc1Br. The number of aryl methyl sites for hydroxylation is 1. The Morgan fingerprint density at radius 2 is 2.29 bits per heavy atom. The van der Waals surface area contributed by atoms with E-state index < -0.39 is 6.10 Å². The number of rotatable bonds is 4. The molecular formula is C9H13BrN2O2. The van der Waals surface area contributed by atoms with Crippen LogP contribution in [0.2, 0.25) is 0 Å². The standard InChI is InChI=1S/C9H13BrN2O2/c1-6-8(10)2-3-9(12-6)11-4-7(14)5-13/h2-3,7,13-14H,4-5H2,1H3,(H,11,12). The van der Waals surface area contributed by atoms with E-state index in [9.17, 15) is 0 Å². The maximum Gasteiger partial charge on any atom is 0.126 e. The average molecular weight is 261 g/mol. The number of aromatic nitrogens is 1. The van der Waals surface area contributed by atoms with Gasteiger partial charge >= 0.3 is 0 Å². The Balaban J connectivity index is 2.55. The van der Waals surface area contributed by atoms with E-state index in [-0.39, 0.29) is 6.61 Å². The van der Waals surface area contributed by atoms with Crippen LogP contribution >= 0.6 is 15.9 Å². The van der Waals surface area contributed by atoms with Gasteiger partial charge in [0.1, 0.15) is 5.82 Å². The van der Waals surface area contributed by atoms with Gasteiger partial charge in [0.25, 0.3) is 0 Å². The summed E-state index contributed by atoms with van der Waals surface area (Å²) in [4.78, 5) is 4.23. The third-order valence-corrected chi connectivity index (χ3v) is 2.59. The van der Waals surface area contributed by atoms with Gasteiger partial charge in [0.2, 0.25) is 0 Å². The van der Waals surface area contributed by atoms with Gasteiger partial charge in [-0.2, -0.15) is 0 Å². The molecule has 1 heterocycles. The van der Waals surface area contributed by atoms with Crippen molar-refractivity contribution in [2.75, 3.05) is 18.5 Å². The Morgan fingerprint density at radius 3 is 2.86 bits per heavy atom. The Bertz CT molecular complexity index is 307. The molecular weight excluding hydrogens is 248 g/mol. The van der Waals surface area contributed by atoms with Crippen molar-refractivity contribution in [3.05, 3.63) is 22.3 Å². The second kappa shape index (κ2) is 5.29. The topological polar surface area (TPSA) is 65.4 Å². The zero-order chi connectivity index (χ0) is 10.6. The van der Waals surface area contributed by atoms with Crippen molar-refractivity contribution < 1.29 is 10.2 Å². The summed E-state index contributed by atoms with van der Waals surface area (Å²) in [6.45, 7) is 1.94. The van der Waals surface area contributed by atoms with E-state index in [2.05, 4.69) is 26.2 Å². The van der Waals surface area contributed by atoms with E-state index in [1.807, 2.05) is 13.0 Å². The molecule has 5 heteroatoms. The molecule has 1 atom stereocenters. The number of nitrogens with zero attached hydrogens (tertiary/aromatic N) is 1. The average Bonchev–Trinajstić information content (AvgIpc) is 2.19. The molecule has 14 heavy (non-hydrogen) atoms. The van der Waals surface area contributed by atoms with Gasteiger partial charge in [0.05, 0.1) is 18.4 Å². The van der Waals surface area contributed by atoms with E-state index in [1.54, 1.807) is 6.07 Å². The molecule has 1 aromatic heterocycles. The molecule has 0 spiro atoms. The van der Waals surface area contributed by atoms with Gasteiger partial charge < -0.3 is 15.5 Å². The number of hydrogen-bond acceptors (Lipinski definition) is 4. The van der Waals surface area contributed by atoms with Crippen LogP contribution in [0.5, 0.6) is 0 Å². The molecule has 1 rings (SSSR count). The molecule has 0 saturated heterocycles. The van der Waals surface area contributed by atoms with Gasteiger partial charge in [-0.25, -0.2) is 4.98 Å². The van der Waals surface area contributed by atoms with Crippen molar-refractivity contribution in [3.63, 3.8) is 0 Å². The smallest absolute Gasteiger partial charge is 0.126 e. The molecule has 0 aliphatic rings. The number of hydrogen-bond donors (Lipinski definition) is 3. The van der Waals surface area contributed by atoms with Gasteiger partial charge in [0.15, 0.2) is 0 Å². The minimum Gasteiger partial charge on any atom is -0.394 e. The first-order chi connectivity index (χ1) is 6.63. The highest BCUT2D eigenvalue weighted by Gasteiger charge is 2.02. The summed E-state index contributed by atoms with van der Waals surface area (Å²) in [7, 11) is 0. The van der Waals surface area contributed by atoms with Crippen LogP contribution in [0.1, 0.15) is 5.69 Å². The van der Waals surface area contributed by atoms with Crippen LogP contribution in [0.3, 0.4) is 0 Å². The molecule has 0 amide bonds. The monoisotopic (exact) mass is 260 g/mol. The predicted octanol–water partition coefficient (Wildman–Crippen LogP) is 0.918. The number of aliphatic hydroxyl groups is 2. The molecule has 3 N–H and O–H groups in total. The van der Waals surface area contributed by atoms with Crippen molar-refractivity contribution in [3.8, 4) is 0 Å². The molecule has 0 bridgehead atoms. The van der Waals surface area contributed by atoms with Crippen LogP contribution in [0, 0.1) is 6.92 Å². The van der Waals surface area contributed by atoms with Crippen LogP contribution in [0.4, 0.5) is 5.82 Å². The van der Waals surface area contributed by atoms with Gasteiger partial charge in [-0.3, -0.25) is 0 Å². The fraction of sp³-hybridized carbons (Fsp3) is 0.444. The van der Waals surface area contributed by atoms with E-state index in [4.69, 9.17) is 10.2 Å². The van der Waals surface area contributed by atoms with Crippen molar-refractivity contribution in [2.24, 2.45) is 0 Å². The number of nitrogens with one attached hydrogen (secondary N) is 1. The minimum absolute atomic E-state index is 0.248. The summed E-state index contributed by atoms with van der Waals surface area (Å²) >= 11 is 3.34. The second-order valence-electron chi connectivity index (χ2n) is 2.98. The molecule has 0 saturated carbocycles. The summed E-state index contributed by atoms with van der Waals surface area (Å²) in [6, 6.07) is 3.69. The van der Waals surface area contributed by atoms with E-state index in [0.717, 1.165) is 10.2 Å². The maximum absolute atomic E-state index is 9.09. The van der Waals surface area contributed by atoms with E-state index in [1.165, 1.54) is 0 Å². The highest BCUT2D eigenvalue weighted by atomic mass is 79.9. The largest absolute Gasteiger partial charge is 0.394 e. The lowest BCUT2D eigenvalue weighted by atomic mass is 10.3. The van der Waals surface area contributed by atoms with Crippen molar-refractivity contribution in [1.29, 1.82) is 0 Å². The number of anilines is 1. The Hall–Kier alpha value is -0.650. The van der Waals surface area contributed by atoms with Crippen molar-refractivity contribution >= 4 is 21.7 Å². The Kier molecular flexibility index (Phi) is 4.31. The molecule has 0 radical (unpaired) electrons. The first-order valence-corrected chi connectivity index (χ1v) is 5.08. The third-order valence-electron chi connectivity index (χ3n) is 1.75. The fourth-order valence-corrected chi connectivity index (χ4v) is 1.15. The zero-order valence-corrected chi connectivity index (χ0v) is 9.45. The van der Waals surface area contributed by atoms with Crippen LogP contribution in [0.25, 0.3) is 0 Å². The molecule has 78 valence electrons. The van der Waals surface area contributed by atoms with Gasteiger partial charge in [-0.05, 0) is 35.0 Å². The lowest BCUT2D eigenvalue weighted by molar-refractivity contribution is 0.105. The zero-order valence-electron chi connectivity index (χ0n) is 7.87. The fourth-order valence-electron chi connectivity index (χ4n) is 0.929. The van der Waals surface area contributed by atoms with Gasteiger partial charge in [-0.1, -0.05) is 0 Å². The van der Waals surface area contributed by atoms with Crippen LogP contribution < -0.4 is 5.32 Å². The normalized spacial score (nSPS) is 12.6.